The lowest BCUT2D eigenvalue weighted by atomic mass is 9.92. The van der Waals surface area contributed by atoms with Gasteiger partial charge in [0.15, 0.2) is 11.1 Å². The van der Waals surface area contributed by atoms with Crippen LogP contribution in [0, 0.1) is 5.92 Å². The van der Waals surface area contributed by atoms with Crippen LogP contribution in [-0.4, -0.2) is 8.76 Å². The van der Waals surface area contributed by atoms with Crippen LogP contribution in [0.2, 0.25) is 0 Å². The summed E-state index contributed by atoms with van der Waals surface area (Å²) >= 11 is -1.84. The average molecular weight is 208 g/mol. The van der Waals surface area contributed by atoms with E-state index in [1.807, 2.05) is 24.3 Å². The summed E-state index contributed by atoms with van der Waals surface area (Å²) in [7, 11) is 0. The monoisotopic (exact) mass is 208 g/mol. The van der Waals surface area contributed by atoms with E-state index in [0.29, 0.717) is 11.3 Å². The van der Waals surface area contributed by atoms with Gasteiger partial charge in [-0.3, -0.25) is 0 Å². The highest BCUT2D eigenvalue weighted by atomic mass is 32.2. The van der Waals surface area contributed by atoms with Gasteiger partial charge in [0.05, 0.1) is 4.91 Å². The minimum absolute atomic E-state index is 0.282. The quantitative estimate of drug-likeness (QED) is 0.531. The van der Waals surface area contributed by atoms with Gasteiger partial charge < -0.3 is 4.55 Å². The van der Waals surface area contributed by atoms with Crippen molar-refractivity contribution < 1.29 is 8.76 Å². The average Bonchev–Trinajstić information content (AvgIpc) is 2.39. The molecule has 0 bridgehead atoms. The Bertz CT molecular complexity index is 375. The lowest BCUT2D eigenvalue weighted by Gasteiger charge is -2.16. The van der Waals surface area contributed by atoms with Crippen LogP contribution in [0.5, 0.6) is 0 Å². The summed E-state index contributed by atoms with van der Waals surface area (Å²) in [4.78, 5) is 0.643. The van der Waals surface area contributed by atoms with E-state index < -0.39 is 11.1 Å². The first-order chi connectivity index (χ1) is 6.79. The molecule has 0 spiro atoms. The van der Waals surface area contributed by atoms with Crippen LogP contribution in [0.25, 0.3) is 0 Å². The Morgan fingerprint density at radius 3 is 3.00 bits per heavy atom. The Hall–Kier alpha value is -0.930. The van der Waals surface area contributed by atoms with Gasteiger partial charge in [-0.15, -0.1) is 0 Å². The lowest BCUT2D eigenvalue weighted by molar-refractivity contribution is 0.569. The minimum Gasteiger partial charge on any atom is -0.302 e. The van der Waals surface area contributed by atoms with Crippen LogP contribution in [0.4, 0.5) is 0 Å². The largest absolute Gasteiger partial charge is 0.302 e. The highest BCUT2D eigenvalue weighted by Gasteiger charge is 2.19. The Morgan fingerprint density at radius 2 is 2.21 bits per heavy atom. The van der Waals surface area contributed by atoms with Crippen molar-refractivity contribution in [2.45, 2.75) is 12.8 Å². The van der Waals surface area contributed by atoms with Gasteiger partial charge in [-0.25, -0.2) is 4.21 Å². The number of allylic oxidation sites excluding steroid dienone is 8. The lowest BCUT2D eigenvalue weighted by Crippen LogP contribution is -2.05. The van der Waals surface area contributed by atoms with Gasteiger partial charge in [0.2, 0.25) is 0 Å². The van der Waals surface area contributed by atoms with E-state index in [9.17, 15) is 4.21 Å². The van der Waals surface area contributed by atoms with Gasteiger partial charge in [0.25, 0.3) is 0 Å². The van der Waals surface area contributed by atoms with Crippen molar-refractivity contribution in [2.24, 2.45) is 5.92 Å². The molecule has 0 aromatic rings. The number of hydrogen-bond acceptors (Lipinski definition) is 1. The van der Waals surface area contributed by atoms with E-state index in [0.717, 1.165) is 12.0 Å². The molecule has 0 amide bonds. The molecule has 3 heteroatoms. The molecule has 2 rings (SSSR count). The topological polar surface area (TPSA) is 37.3 Å². The molecule has 0 aromatic heterocycles. The van der Waals surface area contributed by atoms with Crippen LogP contribution in [0.3, 0.4) is 0 Å². The maximum atomic E-state index is 11.1. The summed E-state index contributed by atoms with van der Waals surface area (Å²) in [5, 5.41) is 0. The highest BCUT2D eigenvalue weighted by Crippen LogP contribution is 2.30. The smallest absolute Gasteiger partial charge is 0.182 e. The molecule has 0 radical (unpaired) electrons. The third-order valence-electron chi connectivity index (χ3n) is 2.52. The first-order valence-electron chi connectivity index (χ1n) is 4.63. The Morgan fingerprint density at radius 1 is 1.36 bits per heavy atom. The molecule has 1 N–H and O–H groups in total. The zero-order valence-electron chi connectivity index (χ0n) is 7.72. The molecule has 0 aliphatic heterocycles. The first-order valence-corrected chi connectivity index (χ1v) is 5.73. The molecule has 2 aliphatic carbocycles. The molecule has 0 saturated heterocycles. The van der Waals surface area contributed by atoms with Gasteiger partial charge in [0, 0.05) is 12.3 Å². The Kier molecular flexibility index (Phi) is 2.79. The second-order valence-electron chi connectivity index (χ2n) is 3.39. The summed E-state index contributed by atoms with van der Waals surface area (Å²) in [5.41, 5.74) is 1.01. The third kappa shape index (κ3) is 1.79. The van der Waals surface area contributed by atoms with Gasteiger partial charge in [-0.2, -0.15) is 0 Å². The van der Waals surface area contributed by atoms with Crippen LogP contribution in [0.15, 0.2) is 46.9 Å². The molecule has 0 aromatic carbocycles. The summed E-state index contributed by atoms with van der Waals surface area (Å²) in [6, 6.07) is 0. The maximum absolute atomic E-state index is 11.1. The van der Waals surface area contributed by atoms with Crippen molar-refractivity contribution in [3.05, 3.63) is 46.9 Å². The Balaban J connectivity index is 2.45. The van der Waals surface area contributed by atoms with E-state index in [2.05, 4.69) is 12.2 Å². The van der Waals surface area contributed by atoms with Crippen LogP contribution < -0.4 is 0 Å². The minimum atomic E-state index is -1.84. The number of fused-ring (bicyclic) bond motifs is 1. The molecule has 0 heterocycles. The predicted octanol–water partition coefficient (Wildman–Crippen LogP) is 2.55. The van der Waals surface area contributed by atoms with Gasteiger partial charge in [-0.1, -0.05) is 36.5 Å². The van der Waals surface area contributed by atoms with E-state index in [1.165, 1.54) is 0 Å². The molecule has 2 nitrogen and oxygen atoms in total. The van der Waals surface area contributed by atoms with Crippen molar-refractivity contribution in [3.63, 3.8) is 0 Å². The van der Waals surface area contributed by atoms with Gasteiger partial charge in [-0.05, 0) is 12.0 Å². The van der Waals surface area contributed by atoms with Crippen molar-refractivity contribution in [2.75, 3.05) is 0 Å². The highest BCUT2D eigenvalue weighted by molar-refractivity contribution is 7.83. The second-order valence-corrected chi connectivity index (χ2v) is 4.38. The molecular formula is C11H12O2S. The molecule has 14 heavy (non-hydrogen) atoms. The van der Waals surface area contributed by atoms with Crippen LogP contribution in [0.1, 0.15) is 12.8 Å². The zero-order valence-corrected chi connectivity index (χ0v) is 8.54. The normalized spacial score (nSPS) is 27.4. The second kappa shape index (κ2) is 4.07. The molecule has 2 unspecified atom stereocenters. The first kappa shape index (κ1) is 9.62. The Labute approximate surface area is 86.0 Å². The summed E-state index contributed by atoms with van der Waals surface area (Å²) in [5.74, 6) is 0.282. The molecular weight excluding hydrogens is 196 g/mol. The fraction of sp³-hybridized carbons (Fsp3) is 0.273. The van der Waals surface area contributed by atoms with Crippen molar-refractivity contribution in [3.8, 4) is 0 Å². The van der Waals surface area contributed by atoms with E-state index in [-0.39, 0.29) is 5.92 Å². The van der Waals surface area contributed by atoms with E-state index in [1.54, 1.807) is 0 Å². The van der Waals surface area contributed by atoms with Crippen molar-refractivity contribution in [1.82, 2.24) is 0 Å². The molecule has 2 aliphatic rings. The SMILES string of the molecule is O=S(O)C1=C2C=CC=CC2CC=CC1. The van der Waals surface area contributed by atoms with Crippen molar-refractivity contribution in [1.29, 1.82) is 0 Å². The zero-order chi connectivity index (χ0) is 9.97. The maximum Gasteiger partial charge on any atom is 0.182 e. The summed E-state index contributed by atoms with van der Waals surface area (Å²) in [6.45, 7) is 0. The number of rotatable bonds is 1. The van der Waals surface area contributed by atoms with Crippen molar-refractivity contribution >= 4 is 11.1 Å². The van der Waals surface area contributed by atoms with Crippen LogP contribution in [-0.2, 0) is 11.1 Å². The predicted molar refractivity (Wildman–Crippen MR) is 57.9 cm³/mol. The fourth-order valence-corrected chi connectivity index (χ4v) is 2.47. The number of hydrogen-bond donors (Lipinski definition) is 1. The van der Waals surface area contributed by atoms with E-state index >= 15 is 0 Å². The third-order valence-corrected chi connectivity index (χ3v) is 3.35. The van der Waals surface area contributed by atoms with Gasteiger partial charge in [0.1, 0.15) is 0 Å². The van der Waals surface area contributed by atoms with E-state index in [4.69, 9.17) is 4.55 Å². The van der Waals surface area contributed by atoms with Gasteiger partial charge >= 0.3 is 0 Å². The molecule has 0 saturated carbocycles. The van der Waals surface area contributed by atoms with Crippen LogP contribution >= 0.6 is 0 Å². The molecule has 0 fully saturated rings. The fourth-order valence-electron chi connectivity index (χ4n) is 1.81. The standard InChI is InChI=1S/C11H12O2S/c12-14(13)11-8-4-2-6-9-5-1-3-7-10(9)11/h1-5,7,9H,6,8H2,(H,12,13). The summed E-state index contributed by atoms with van der Waals surface area (Å²) in [6.07, 6.45) is 13.5. The molecule has 74 valence electrons. The molecule has 2 atom stereocenters. The summed E-state index contributed by atoms with van der Waals surface area (Å²) < 4.78 is 20.3.